The molecule has 4 rings (SSSR count). The van der Waals surface area contributed by atoms with Crippen LogP contribution in [0.3, 0.4) is 0 Å². The van der Waals surface area contributed by atoms with E-state index in [-0.39, 0.29) is 6.04 Å². The molecule has 2 atom stereocenters. The van der Waals surface area contributed by atoms with Crippen LogP contribution in [0.2, 0.25) is 0 Å². The summed E-state index contributed by atoms with van der Waals surface area (Å²) in [7, 11) is 2.11. The number of aromatic nitrogens is 2. The zero-order chi connectivity index (χ0) is 18.8. The quantitative estimate of drug-likeness (QED) is 0.686. The number of ether oxygens (including phenoxy) is 1. The van der Waals surface area contributed by atoms with Gasteiger partial charge in [0.25, 0.3) is 0 Å². The van der Waals surface area contributed by atoms with Crippen LogP contribution in [-0.4, -0.2) is 83.4 Å². The van der Waals surface area contributed by atoms with Crippen molar-refractivity contribution >= 4 is 6.09 Å². The molecule has 0 saturated carbocycles. The largest absolute Gasteiger partial charge is 0.465 e. The lowest BCUT2D eigenvalue weighted by Gasteiger charge is -2.35. The van der Waals surface area contributed by atoms with Crippen molar-refractivity contribution in [3.63, 3.8) is 0 Å². The molecule has 4 heterocycles. The highest BCUT2D eigenvalue weighted by Gasteiger charge is 2.33. The van der Waals surface area contributed by atoms with E-state index in [0.29, 0.717) is 44.8 Å². The van der Waals surface area contributed by atoms with Crippen molar-refractivity contribution in [2.45, 2.75) is 37.9 Å². The number of amides is 1. The number of nitrogens with one attached hydrogen (secondary N) is 2. The van der Waals surface area contributed by atoms with Gasteiger partial charge in [-0.05, 0) is 39.4 Å². The Morgan fingerprint density at radius 3 is 2.96 bits per heavy atom. The van der Waals surface area contributed by atoms with Crippen LogP contribution in [-0.2, 0) is 13.0 Å². The van der Waals surface area contributed by atoms with Crippen molar-refractivity contribution in [1.82, 2.24) is 30.4 Å². The number of hydrogen-bond donors (Lipinski definition) is 3. The van der Waals surface area contributed by atoms with Gasteiger partial charge in [-0.2, -0.15) is 9.97 Å². The van der Waals surface area contributed by atoms with Gasteiger partial charge in [-0.3, -0.25) is 4.90 Å². The molecule has 9 nitrogen and oxygen atoms in total. The van der Waals surface area contributed by atoms with Crippen LogP contribution in [0, 0.1) is 0 Å². The van der Waals surface area contributed by atoms with Gasteiger partial charge in [0, 0.05) is 37.8 Å². The summed E-state index contributed by atoms with van der Waals surface area (Å²) in [6.07, 6.45) is 2.21. The molecule has 1 amide bonds. The van der Waals surface area contributed by atoms with Crippen molar-refractivity contribution < 1.29 is 14.6 Å². The van der Waals surface area contributed by atoms with E-state index in [9.17, 15) is 9.90 Å². The SMILES string of the molecule is CN1CCC[C@H]1COc1nc2c(c(C3CNCCN3C(=O)O)n1)CCNC2. The molecular weight excluding hydrogens is 348 g/mol. The molecule has 9 heteroatoms. The molecule has 0 aromatic carbocycles. The molecule has 27 heavy (non-hydrogen) atoms. The number of likely N-dealkylation sites (N-methyl/N-ethyl adjacent to an activating group) is 1. The minimum atomic E-state index is -0.905. The number of likely N-dealkylation sites (tertiary alicyclic amines) is 1. The first-order valence-electron chi connectivity index (χ1n) is 9.77. The van der Waals surface area contributed by atoms with Crippen LogP contribution in [0.1, 0.15) is 35.8 Å². The van der Waals surface area contributed by atoms with Gasteiger partial charge in [0.1, 0.15) is 6.61 Å². The monoisotopic (exact) mass is 376 g/mol. The number of nitrogens with zero attached hydrogens (tertiary/aromatic N) is 4. The minimum Gasteiger partial charge on any atom is -0.465 e. The molecule has 1 aromatic rings. The number of hydrogen-bond acceptors (Lipinski definition) is 7. The smallest absolute Gasteiger partial charge is 0.407 e. The van der Waals surface area contributed by atoms with Crippen molar-refractivity contribution in [2.75, 3.05) is 46.4 Å². The molecule has 2 saturated heterocycles. The lowest BCUT2D eigenvalue weighted by Crippen LogP contribution is -2.49. The first-order chi connectivity index (χ1) is 13.1. The topological polar surface area (TPSA) is 103 Å². The second-order valence-electron chi connectivity index (χ2n) is 7.53. The van der Waals surface area contributed by atoms with E-state index in [1.807, 2.05) is 0 Å². The molecule has 3 aliphatic rings. The molecule has 148 valence electrons. The van der Waals surface area contributed by atoms with E-state index < -0.39 is 6.09 Å². The summed E-state index contributed by atoms with van der Waals surface area (Å²) in [4.78, 5) is 24.8. The number of carbonyl (C=O) groups is 1. The van der Waals surface area contributed by atoms with Gasteiger partial charge in [0.15, 0.2) is 0 Å². The van der Waals surface area contributed by atoms with E-state index in [0.717, 1.165) is 42.9 Å². The Balaban J connectivity index is 1.61. The van der Waals surface area contributed by atoms with E-state index >= 15 is 0 Å². The summed E-state index contributed by atoms with van der Waals surface area (Å²) < 4.78 is 5.98. The van der Waals surface area contributed by atoms with Gasteiger partial charge in [-0.15, -0.1) is 0 Å². The van der Waals surface area contributed by atoms with E-state index in [1.54, 1.807) is 0 Å². The Labute approximate surface area is 159 Å². The van der Waals surface area contributed by atoms with Gasteiger partial charge < -0.3 is 25.4 Å². The minimum absolute atomic E-state index is 0.303. The summed E-state index contributed by atoms with van der Waals surface area (Å²) >= 11 is 0. The normalized spacial score (nSPS) is 26.0. The zero-order valence-corrected chi connectivity index (χ0v) is 15.8. The summed E-state index contributed by atoms with van der Waals surface area (Å²) in [6, 6.07) is 0.448. The van der Waals surface area contributed by atoms with Gasteiger partial charge in [-0.1, -0.05) is 0 Å². The van der Waals surface area contributed by atoms with Crippen LogP contribution in [0.25, 0.3) is 0 Å². The standard InChI is InChI=1S/C18H28N6O3/c1-23-7-2-3-12(23)11-27-17-21-14-9-19-5-4-13(14)16(22-17)15-10-20-6-8-24(15)18(25)26/h12,15,19-20H,2-11H2,1H3,(H,25,26)/t12-,15?/m0/s1. The fourth-order valence-corrected chi connectivity index (χ4v) is 4.24. The van der Waals surface area contributed by atoms with Crippen molar-refractivity contribution in [1.29, 1.82) is 0 Å². The summed E-state index contributed by atoms with van der Waals surface area (Å²) in [5.41, 5.74) is 2.79. The molecule has 3 aliphatic heterocycles. The van der Waals surface area contributed by atoms with Crippen molar-refractivity contribution in [3.8, 4) is 6.01 Å². The van der Waals surface area contributed by atoms with Crippen molar-refractivity contribution in [3.05, 3.63) is 17.0 Å². The second-order valence-corrected chi connectivity index (χ2v) is 7.53. The molecule has 3 N–H and O–H groups in total. The number of rotatable bonds is 4. The first kappa shape index (κ1) is 18.4. The third-order valence-electron chi connectivity index (χ3n) is 5.83. The van der Waals surface area contributed by atoms with E-state index in [2.05, 4.69) is 27.6 Å². The average Bonchev–Trinajstić information content (AvgIpc) is 3.10. The van der Waals surface area contributed by atoms with Gasteiger partial charge in [-0.25, -0.2) is 4.79 Å². The predicted octanol–water partition coefficient (Wildman–Crippen LogP) is 0.220. The molecular formula is C18H28N6O3. The van der Waals surface area contributed by atoms with Crippen LogP contribution in [0.4, 0.5) is 4.79 Å². The van der Waals surface area contributed by atoms with Gasteiger partial charge in [0.2, 0.25) is 0 Å². The van der Waals surface area contributed by atoms with Crippen LogP contribution >= 0.6 is 0 Å². The first-order valence-corrected chi connectivity index (χ1v) is 9.77. The Bertz CT molecular complexity index is 700. The number of fused-ring (bicyclic) bond motifs is 1. The molecule has 0 spiro atoms. The maximum atomic E-state index is 11.7. The third kappa shape index (κ3) is 3.85. The van der Waals surface area contributed by atoms with Crippen LogP contribution in [0.15, 0.2) is 0 Å². The maximum Gasteiger partial charge on any atom is 0.407 e. The fraction of sp³-hybridized carbons (Fsp3) is 0.722. The summed E-state index contributed by atoms with van der Waals surface area (Å²) in [5, 5.41) is 16.3. The van der Waals surface area contributed by atoms with Gasteiger partial charge >= 0.3 is 12.1 Å². The number of carboxylic acid groups (broad SMARTS) is 1. The average molecular weight is 376 g/mol. The summed E-state index contributed by atoms with van der Waals surface area (Å²) in [6.45, 7) is 4.85. The lowest BCUT2D eigenvalue weighted by molar-refractivity contribution is 0.110. The fourth-order valence-electron chi connectivity index (χ4n) is 4.24. The molecule has 0 aliphatic carbocycles. The number of piperazine rings is 1. The van der Waals surface area contributed by atoms with Crippen LogP contribution < -0.4 is 15.4 Å². The highest BCUT2D eigenvalue weighted by Crippen LogP contribution is 2.29. The van der Waals surface area contributed by atoms with E-state index in [4.69, 9.17) is 9.72 Å². The molecule has 0 radical (unpaired) electrons. The molecule has 2 fully saturated rings. The Hall–Kier alpha value is -1.97. The highest BCUT2D eigenvalue weighted by atomic mass is 16.5. The Kier molecular flexibility index (Phi) is 5.42. The third-order valence-corrected chi connectivity index (χ3v) is 5.83. The summed E-state index contributed by atoms with van der Waals surface area (Å²) in [5.74, 6) is 0. The molecule has 0 bridgehead atoms. The predicted molar refractivity (Wildman–Crippen MR) is 98.9 cm³/mol. The molecule has 1 unspecified atom stereocenters. The maximum absolute atomic E-state index is 11.7. The van der Waals surface area contributed by atoms with Crippen LogP contribution in [0.5, 0.6) is 6.01 Å². The van der Waals surface area contributed by atoms with Gasteiger partial charge in [0.05, 0.1) is 17.4 Å². The Morgan fingerprint density at radius 1 is 1.30 bits per heavy atom. The zero-order valence-electron chi connectivity index (χ0n) is 15.8. The highest BCUT2D eigenvalue weighted by molar-refractivity contribution is 5.66. The van der Waals surface area contributed by atoms with Crippen molar-refractivity contribution in [2.24, 2.45) is 0 Å². The second kappa shape index (κ2) is 7.95. The van der Waals surface area contributed by atoms with E-state index in [1.165, 1.54) is 11.3 Å². The lowest BCUT2D eigenvalue weighted by atomic mass is 9.98. The molecule has 1 aromatic heterocycles. The Morgan fingerprint density at radius 2 is 2.19 bits per heavy atom.